The summed E-state index contributed by atoms with van der Waals surface area (Å²) in [5, 5.41) is 9.51. The summed E-state index contributed by atoms with van der Waals surface area (Å²) in [6.45, 7) is 7.98. The van der Waals surface area contributed by atoms with Crippen molar-refractivity contribution in [2.24, 2.45) is 5.92 Å². The number of piperidine rings is 1. The Balaban J connectivity index is 2.01. The van der Waals surface area contributed by atoms with Gasteiger partial charge < -0.3 is 5.11 Å². The molecule has 2 aromatic carbocycles. The average molecular weight is 351 g/mol. The number of likely N-dealkylation sites (tertiary alicyclic amines) is 1. The number of nitrogens with zero attached hydrogens (tertiary/aromatic N) is 1. The molecule has 1 heterocycles. The Morgan fingerprint density at radius 3 is 2.35 bits per heavy atom. The lowest BCUT2D eigenvalue weighted by Gasteiger charge is -2.38. The highest BCUT2D eigenvalue weighted by molar-refractivity contribution is 5.70. The normalized spacial score (nSPS) is 19.3. The van der Waals surface area contributed by atoms with Gasteiger partial charge in [-0.15, -0.1) is 0 Å². The highest BCUT2D eigenvalue weighted by Gasteiger charge is 2.31. The van der Waals surface area contributed by atoms with E-state index in [0.29, 0.717) is 6.54 Å². The Morgan fingerprint density at radius 2 is 1.77 bits per heavy atom. The van der Waals surface area contributed by atoms with Gasteiger partial charge in [0.05, 0.1) is 12.0 Å². The van der Waals surface area contributed by atoms with Gasteiger partial charge in [0.25, 0.3) is 0 Å². The molecule has 3 heteroatoms. The molecule has 1 saturated heterocycles. The van der Waals surface area contributed by atoms with Gasteiger partial charge in [-0.3, -0.25) is 9.69 Å². The second-order valence-electron chi connectivity index (χ2n) is 7.59. The van der Waals surface area contributed by atoms with Crippen LogP contribution in [0.25, 0.3) is 0 Å². The van der Waals surface area contributed by atoms with Crippen LogP contribution in [0, 0.1) is 19.8 Å². The largest absolute Gasteiger partial charge is 0.481 e. The third kappa shape index (κ3) is 4.16. The van der Waals surface area contributed by atoms with Crippen molar-refractivity contribution in [1.82, 2.24) is 4.90 Å². The van der Waals surface area contributed by atoms with Crippen LogP contribution < -0.4 is 0 Å². The van der Waals surface area contributed by atoms with Crippen molar-refractivity contribution in [1.29, 1.82) is 0 Å². The zero-order valence-electron chi connectivity index (χ0n) is 16.0. The van der Waals surface area contributed by atoms with E-state index >= 15 is 0 Å². The quantitative estimate of drug-likeness (QED) is 0.845. The van der Waals surface area contributed by atoms with E-state index in [1.165, 1.54) is 27.8 Å². The molecule has 0 bridgehead atoms. The van der Waals surface area contributed by atoms with E-state index in [0.717, 1.165) is 25.8 Å². The van der Waals surface area contributed by atoms with Crippen molar-refractivity contribution >= 4 is 5.97 Å². The number of rotatable bonds is 5. The summed E-state index contributed by atoms with van der Waals surface area (Å²) in [7, 11) is 0. The molecule has 0 radical (unpaired) electrons. The van der Waals surface area contributed by atoms with Crippen molar-refractivity contribution in [3.8, 4) is 0 Å². The second-order valence-corrected chi connectivity index (χ2v) is 7.59. The van der Waals surface area contributed by atoms with E-state index in [1.54, 1.807) is 0 Å². The van der Waals surface area contributed by atoms with Gasteiger partial charge in [0.1, 0.15) is 0 Å². The average Bonchev–Trinajstić information content (AvgIpc) is 2.62. The minimum absolute atomic E-state index is 0.113. The number of aliphatic carboxylic acids is 1. The van der Waals surface area contributed by atoms with Crippen LogP contribution >= 0.6 is 0 Å². The van der Waals surface area contributed by atoms with E-state index in [4.69, 9.17) is 0 Å². The number of carbonyl (C=O) groups is 1. The Kier molecular flexibility index (Phi) is 5.77. The zero-order valence-corrected chi connectivity index (χ0v) is 16.0. The standard InChI is InChI=1S/C23H29NO2/c1-4-18-7-9-19(10-8-18)22(21-13-16(2)12-17(3)14-21)24-11-5-6-20(15-24)23(25)26/h7-10,12-14,20,22H,4-6,11,15H2,1-3H3,(H,25,26). The molecular weight excluding hydrogens is 322 g/mol. The van der Waals surface area contributed by atoms with E-state index in [9.17, 15) is 9.90 Å². The van der Waals surface area contributed by atoms with Crippen LogP contribution in [0.4, 0.5) is 0 Å². The van der Waals surface area contributed by atoms with Crippen LogP contribution in [0.2, 0.25) is 0 Å². The van der Waals surface area contributed by atoms with Crippen molar-refractivity contribution < 1.29 is 9.90 Å². The summed E-state index contributed by atoms with van der Waals surface area (Å²) >= 11 is 0. The number of hydrogen-bond donors (Lipinski definition) is 1. The molecule has 1 fully saturated rings. The van der Waals surface area contributed by atoms with Gasteiger partial charge in [0.15, 0.2) is 0 Å². The minimum Gasteiger partial charge on any atom is -0.481 e. The molecule has 1 aliphatic heterocycles. The fraction of sp³-hybridized carbons (Fsp3) is 0.435. The van der Waals surface area contributed by atoms with E-state index in [2.05, 4.69) is 68.1 Å². The molecule has 26 heavy (non-hydrogen) atoms. The first-order valence-corrected chi connectivity index (χ1v) is 9.61. The summed E-state index contributed by atoms with van der Waals surface area (Å²) in [5.41, 5.74) is 6.34. The maximum atomic E-state index is 11.6. The molecule has 2 aromatic rings. The van der Waals surface area contributed by atoms with Crippen LogP contribution in [0.1, 0.15) is 53.6 Å². The maximum Gasteiger partial charge on any atom is 0.307 e. The van der Waals surface area contributed by atoms with Gasteiger partial charge in [-0.05, 0) is 56.3 Å². The third-order valence-electron chi connectivity index (χ3n) is 5.43. The Bertz CT molecular complexity index is 746. The zero-order chi connectivity index (χ0) is 18.7. The molecule has 0 amide bonds. The minimum atomic E-state index is -0.671. The SMILES string of the molecule is CCc1ccc(C(c2cc(C)cc(C)c2)N2CCCC(C(=O)O)C2)cc1. The lowest BCUT2D eigenvalue weighted by atomic mass is 9.90. The molecule has 2 unspecified atom stereocenters. The molecular formula is C23H29NO2. The molecule has 3 nitrogen and oxygen atoms in total. The van der Waals surface area contributed by atoms with Gasteiger partial charge in [-0.1, -0.05) is 60.5 Å². The van der Waals surface area contributed by atoms with Gasteiger partial charge in [0, 0.05) is 6.54 Å². The molecule has 1 aliphatic rings. The van der Waals surface area contributed by atoms with Crippen molar-refractivity contribution in [3.05, 3.63) is 70.3 Å². The molecule has 2 atom stereocenters. The topological polar surface area (TPSA) is 40.5 Å². The predicted octanol–water partition coefficient (Wildman–Crippen LogP) is 4.75. The van der Waals surface area contributed by atoms with Crippen LogP contribution in [-0.4, -0.2) is 29.1 Å². The summed E-state index contributed by atoms with van der Waals surface area (Å²) in [6.07, 6.45) is 2.74. The fourth-order valence-corrected chi connectivity index (χ4v) is 4.16. The Labute approximate surface area is 156 Å². The molecule has 1 N–H and O–H groups in total. The van der Waals surface area contributed by atoms with Crippen molar-refractivity contribution in [3.63, 3.8) is 0 Å². The summed E-state index contributed by atoms with van der Waals surface area (Å²) in [5.74, 6) is -0.942. The molecule has 138 valence electrons. The van der Waals surface area contributed by atoms with Gasteiger partial charge >= 0.3 is 5.97 Å². The Morgan fingerprint density at radius 1 is 1.12 bits per heavy atom. The van der Waals surface area contributed by atoms with Crippen LogP contribution in [0.3, 0.4) is 0 Å². The monoisotopic (exact) mass is 351 g/mol. The lowest BCUT2D eigenvalue weighted by molar-refractivity contribution is -0.143. The first-order chi connectivity index (χ1) is 12.5. The number of carboxylic acids is 1. The van der Waals surface area contributed by atoms with Crippen LogP contribution in [0.15, 0.2) is 42.5 Å². The van der Waals surface area contributed by atoms with Gasteiger partial charge in [-0.25, -0.2) is 0 Å². The summed E-state index contributed by atoms with van der Waals surface area (Å²) < 4.78 is 0. The second kappa shape index (κ2) is 8.05. The first-order valence-electron chi connectivity index (χ1n) is 9.61. The van der Waals surface area contributed by atoms with E-state index in [-0.39, 0.29) is 12.0 Å². The first kappa shape index (κ1) is 18.7. The van der Waals surface area contributed by atoms with Crippen molar-refractivity contribution in [2.75, 3.05) is 13.1 Å². The molecule has 0 spiro atoms. The molecule has 3 rings (SSSR count). The smallest absolute Gasteiger partial charge is 0.307 e. The van der Waals surface area contributed by atoms with Gasteiger partial charge in [-0.2, -0.15) is 0 Å². The highest BCUT2D eigenvalue weighted by Crippen LogP contribution is 2.33. The number of benzene rings is 2. The number of hydrogen-bond acceptors (Lipinski definition) is 2. The number of carboxylic acid groups (broad SMARTS) is 1. The van der Waals surface area contributed by atoms with Gasteiger partial charge in [0.2, 0.25) is 0 Å². The predicted molar refractivity (Wildman–Crippen MR) is 106 cm³/mol. The molecule has 0 aromatic heterocycles. The lowest BCUT2D eigenvalue weighted by Crippen LogP contribution is -2.41. The fourth-order valence-electron chi connectivity index (χ4n) is 4.16. The summed E-state index contributed by atoms with van der Waals surface area (Å²) in [6, 6.07) is 15.6. The Hall–Kier alpha value is -2.13. The van der Waals surface area contributed by atoms with E-state index in [1.807, 2.05) is 0 Å². The van der Waals surface area contributed by atoms with Crippen LogP contribution in [0.5, 0.6) is 0 Å². The van der Waals surface area contributed by atoms with Crippen LogP contribution in [-0.2, 0) is 11.2 Å². The van der Waals surface area contributed by atoms with Crippen molar-refractivity contribution in [2.45, 2.75) is 46.1 Å². The van der Waals surface area contributed by atoms with E-state index < -0.39 is 5.97 Å². The molecule has 0 saturated carbocycles. The highest BCUT2D eigenvalue weighted by atomic mass is 16.4. The maximum absolute atomic E-state index is 11.6. The molecule has 0 aliphatic carbocycles. The number of aryl methyl sites for hydroxylation is 3. The third-order valence-corrected chi connectivity index (χ3v) is 5.43. The summed E-state index contributed by atoms with van der Waals surface area (Å²) in [4.78, 5) is 13.9.